The maximum atomic E-state index is 13.8. The van der Waals surface area contributed by atoms with Crippen molar-refractivity contribution >= 4 is 27.5 Å². The van der Waals surface area contributed by atoms with Crippen molar-refractivity contribution in [3.8, 4) is 0 Å². The number of aryl methyl sites for hydroxylation is 1. The maximum absolute atomic E-state index is 13.8. The van der Waals surface area contributed by atoms with E-state index in [0.29, 0.717) is 22.2 Å². The van der Waals surface area contributed by atoms with Crippen LogP contribution < -0.4 is 5.56 Å². The smallest absolute Gasteiger partial charge is 0.262 e. The van der Waals surface area contributed by atoms with Gasteiger partial charge in [-0.2, -0.15) is 0 Å². The zero-order valence-electron chi connectivity index (χ0n) is 18.1. The van der Waals surface area contributed by atoms with Gasteiger partial charge in [-0.05, 0) is 53.3 Å². The molecule has 4 aromatic rings. The number of thiophene rings is 1. The van der Waals surface area contributed by atoms with Gasteiger partial charge in [-0.25, -0.2) is 13.8 Å². The zero-order valence-corrected chi connectivity index (χ0v) is 18.9. The first-order valence-corrected chi connectivity index (χ1v) is 11.6. The number of benzene rings is 2. The van der Waals surface area contributed by atoms with Crippen LogP contribution >= 0.6 is 11.3 Å². The van der Waals surface area contributed by atoms with Gasteiger partial charge in [-0.3, -0.25) is 14.2 Å². The fourth-order valence-corrected chi connectivity index (χ4v) is 4.66. The third-order valence-corrected chi connectivity index (χ3v) is 6.42. The summed E-state index contributed by atoms with van der Waals surface area (Å²) in [6, 6.07) is 13.6. The van der Waals surface area contributed by atoms with E-state index in [1.165, 1.54) is 46.5 Å². The highest BCUT2D eigenvalue weighted by Crippen LogP contribution is 2.27. The van der Waals surface area contributed by atoms with Crippen LogP contribution in [0.3, 0.4) is 0 Å². The minimum Gasteiger partial charge on any atom is -0.331 e. The molecular weight excluding hydrogens is 444 g/mol. The lowest BCUT2D eigenvalue weighted by Crippen LogP contribution is -2.35. The molecule has 0 aliphatic carbocycles. The Hall–Kier alpha value is -3.39. The van der Waals surface area contributed by atoms with Gasteiger partial charge in [0.25, 0.3) is 5.56 Å². The van der Waals surface area contributed by atoms with Crippen molar-refractivity contribution in [2.24, 2.45) is 0 Å². The second kappa shape index (κ2) is 10.0. The van der Waals surface area contributed by atoms with Crippen LogP contribution in [0.1, 0.15) is 36.9 Å². The number of rotatable bonds is 8. The average molecular weight is 468 g/mol. The first-order chi connectivity index (χ1) is 16.0. The van der Waals surface area contributed by atoms with Crippen molar-refractivity contribution in [2.45, 2.75) is 38.9 Å². The molecular formula is C25H23F2N3O2S. The van der Waals surface area contributed by atoms with Crippen molar-refractivity contribution in [3.05, 3.63) is 99.4 Å². The molecule has 8 heteroatoms. The monoisotopic (exact) mass is 467 g/mol. The summed E-state index contributed by atoms with van der Waals surface area (Å²) in [6.45, 7) is 2.32. The Kier molecular flexibility index (Phi) is 6.93. The van der Waals surface area contributed by atoms with Crippen LogP contribution in [0.4, 0.5) is 8.78 Å². The van der Waals surface area contributed by atoms with E-state index < -0.39 is 0 Å². The molecule has 0 N–H and O–H groups in total. The predicted molar refractivity (Wildman–Crippen MR) is 125 cm³/mol. The van der Waals surface area contributed by atoms with Gasteiger partial charge in [0.15, 0.2) is 0 Å². The molecule has 2 aromatic heterocycles. The second-order valence-corrected chi connectivity index (χ2v) is 8.65. The average Bonchev–Trinajstić information content (AvgIpc) is 3.29. The number of aromatic nitrogens is 2. The van der Waals surface area contributed by atoms with E-state index >= 15 is 0 Å². The molecule has 0 bridgehead atoms. The van der Waals surface area contributed by atoms with Gasteiger partial charge in [-0.15, -0.1) is 11.3 Å². The summed E-state index contributed by atoms with van der Waals surface area (Å²) >= 11 is 1.39. The van der Waals surface area contributed by atoms with Crippen molar-refractivity contribution in [1.82, 2.24) is 14.5 Å². The topological polar surface area (TPSA) is 55.2 Å². The maximum Gasteiger partial charge on any atom is 0.262 e. The number of fused-ring (bicyclic) bond motifs is 1. The van der Waals surface area contributed by atoms with Crippen molar-refractivity contribution < 1.29 is 13.6 Å². The number of hydrogen-bond acceptors (Lipinski definition) is 4. The van der Waals surface area contributed by atoms with E-state index in [1.54, 1.807) is 35.2 Å². The third kappa shape index (κ3) is 5.17. The Bertz CT molecular complexity index is 1320. The zero-order chi connectivity index (χ0) is 23.4. The van der Waals surface area contributed by atoms with Gasteiger partial charge in [-0.1, -0.05) is 31.2 Å². The Morgan fingerprint density at radius 2 is 1.91 bits per heavy atom. The summed E-state index contributed by atoms with van der Waals surface area (Å²) in [5.41, 5.74) is 1.26. The van der Waals surface area contributed by atoms with Gasteiger partial charge in [0.05, 0.1) is 17.8 Å². The largest absolute Gasteiger partial charge is 0.331 e. The molecule has 0 spiro atoms. The van der Waals surface area contributed by atoms with Crippen LogP contribution in [0.2, 0.25) is 0 Å². The molecule has 1 atom stereocenters. The molecule has 170 valence electrons. The number of halogens is 2. The van der Waals surface area contributed by atoms with E-state index in [1.807, 2.05) is 12.3 Å². The normalized spacial score (nSPS) is 12.1. The lowest BCUT2D eigenvalue weighted by molar-refractivity contribution is -0.134. The fourth-order valence-electron chi connectivity index (χ4n) is 3.94. The van der Waals surface area contributed by atoms with Crippen molar-refractivity contribution in [3.63, 3.8) is 0 Å². The van der Waals surface area contributed by atoms with Crippen LogP contribution in [0.15, 0.2) is 71.1 Å². The minimum absolute atomic E-state index is 0.0737. The number of nitrogens with zero attached hydrogens (tertiary/aromatic N) is 3. The highest BCUT2D eigenvalue weighted by atomic mass is 32.1. The SMILES string of the molecule is CCC(c1ccc(F)cc1)N(Cc1cccc(F)c1)C(=O)CCn1cnc2sccc2c1=O. The van der Waals surface area contributed by atoms with Gasteiger partial charge < -0.3 is 4.90 Å². The predicted octanol–water partition coefficient (Wildman–Crippen LogP) is 5.31. The van der Waals surface area contributed by atoms with Gasteiger partial charge in [0.2, 0.25) is 5.91 Å². The highest BCUT2D eigenvalue weighted by Gasteiger charge is 2.24. The first kappa shape index (κ1) is 22.8. The number of carbonyl (C=O) groups is 1. The van der Waals surface area contributed by atoms with E-state index in [4.69, 9.17) is 0 Å². The quantitative estimate of drug-likeness (QED) is 0.353. The van der Waals surface area contributed by atoms with Crippen molar-refractivity contribution in [2.75, 3.05) is 0 Å². The van der Waals surface area contributed by atoms with Crippen LogP contribution in [0.25, 0.3) is 10.2 Å². The lowest BCUT2D eigenvalue weighted by Gasteiger charge is -2.32. The lowest BCUT2D eigenvalue weighted by atomic mass is 10.0. The summed E-state index contributed by atoms with van der Waals surface area (Å²) in [6.07, 6.45) is 2.13. The summed E-state index contributed by atoms with van der Waals surface area (Å²) in [7, 11) is 0. The van der Waals surface area contributed by atoms with E-state index in [9.17, 15) is 18.4 Å². The Labute approximate surface area is 193 Å². The molecule has 2 heterocycles. The van der Waals surface area contributed by atoms with Crippen LogP contribution in [-0.2, 0) is 17.9 Å². The van der Waals surface area contributed by atoms with Crippen LogP contribution in [-0.4, -0.2) is 20.4 Å². The minimum atomic E-state index is -0.378. The van der Waals surface area contributed by atoms with Crippen LogP contribution in [0.5, 0.6) is 0 Å². The summed E-state index contributed by atoms with van der Waals surface area (Å²) in [5.74, 6) is -0.920. The Balaban J connectivity index is 1.60. The molecule has 0 saturated heterocycles. The Morgan fingerprint density at radius 3 is 2.64 bits per heavy atom. The number of amides is 1. The first-order valence-electron chi connectivity index (χ1n) is 10.7. The number of hydrogen-bond donors (Lipinski definition) is 0. The molecule has 0 fully saturated rings. The van der Waals surface area contributed by atoms with Gasteiger partial charge in [0, 0.05) is 19.5 Å². The molecule has 0 radical (unpaired) electrons. The highest BCUT2D eigenvalue weighted by molar-refractivity contribution is 7.16. The molecule has 1 amide bonds. The van der Waals surface area contributed by atoms with E-state index in [-0.39, 0.29) is 48.7 Å². The van der Waals surface area contributed by atoms with Crippen molar-refractivity contribution in [1.29, 1.82) is 0 Å². The molecule has 4 rings (SSSR count). The molecule has 5 nitrogen and oxygen atoms in total. The summed E-state index contributed by atoms with van der Waals surface area (Å²) in [5, 5.41) is 2.34. The Morgan fingerprint density at radius 1 is 1.12 bits per heavy atom. The molecule has 0 aliphatic heterocycles. The molecule has 2 aromatic carbocycles. The fraction of sp³-hybridized carbons (Fsp3) is 0.240. The molecule has 33 heavy (non-hydrogen) atoms. The standard InChI is InChI=1S/C25H23F2N3O2S/c1-2-22(18-6-8-19(26)9-7-18)30(15-17-4-3-5-20(27)14-17)23(31)10-12-29-16-28-24-21(25(29)32)11-13-33-24/h3-9,11,13-14,16,22H,2,10,12,15H2,1H3. The van der Waals surface area contributed by atoms with E-state index in [0.717, 1.165) is 5.56 Å². The molecule has 0 saturated carbocycles. The second-order valence-electron chi connectivity index (χ2n) is 7.76. The summed E-state index contributed by atoms with van der Waals surface area (Å²) < 4.78 is 28.7. The van der Waals surface area contributed by atoms with Crippen LogP contribution in [0, 0.1) is 11.6 Å². The third-order valence-electron chi connectivity index (χ3n) is 5.60. The summed E-state index contributed by atoms with van der Waals surface area (Å²) in [4.78, 5) is 32.7. The number of carbonyl (C=O) groups excluding carboxylic acids is 1. The van der Waals surface area contributed by atoms with E-state index in [2.05, 4.69) is 4.98 Å². The molecule has 1 unspecified atom stereocenters. The molecule has 0 aliphatic rings. The van der Waals surface area contributed by atoms with Gasteiger partial charge >= 0.3 is 0 Å². The van der Waals surface area contributed by atoms with Gasteiger partial charge in [0.1, 0.15) is 16.5 Å².